The Hall–Kier alpha value is -0.740. The van der Waals surface area contributed by atoms with E-state index in [0.717, 1.165) is 4.47 Å². The van der Waals surface area contributed by atoms with E-state index in [9.17, 15) is 5.11 Å². The van der Waals surface area contributed by atoms with Crippen molar-refractivity contribution in [2.45, 2.75) is 6.54 Å². The number of hydrogen-bond donors (Lipinski definition) is 2. The van der Waals surface area contributed by atoms with Crippen LogP contribution in [0, 0.1) is 0 Å². The number of ether oxygens (including phenoxy) is 1. The Morgan fingerprint density at radius 3 is 2.75 bits per heavy atom. The highest BCUT2D eigenvalue weighted by atomic mass is 79.9. The SMILES string of the molecule is COc1cc(Br)cc(CN)c1O. The molecule has 3 nitrogen and oxygen atoms in total. The molecule has 4 heteroatoms. The van der Waals surface area contributed by atoms with Gasteiger partial charge in [0.05, 0.1) is 7.11 Å². The Morgan fingerprint density at radius 2 is 2.25 bits per heavy atom. The van der Waals surface area contributed by atoms with Crippen molar-refractivity contribution >= 4 is 15.9 Å². The average molecular weight is 232 g/mol. The van der Waals surface area contributed by atoms with Gasteiger partial charge >= 0.3 is 0 Å². The van der Waals surface area contributed by atoms with Crippen molar-refractivity contribution in [2.24, 2.45) is 5.73 Å². The molecular formula is C8H10BrNO2. The number of phenolic OH excluding ortho intramolecular Hbond substituents is 1. The third-order valence-corrected chi connectivity index (χ3v) is 2.02. The summed E-state index contributed by atoms with van der Waals surface area (Å²) >= 11 is 3.28. The molecule has 1 aromatic carbocycles. The van der Waals surface area contributed by atoms with Gasteiger partial charge in [-0.15, -0.1) is 0 Å². The number of halogens is 1. The molecule has 1 aromatic rings. The van der Waals surface area contributed by atoms with Crippen molar-refractivity contribution in [3.8, 4) is 11.5 Å². The molecule has 3 N–H and O–H groups in total. The lowest BCUT2D eigenvalue weighted by Gasteiger charge is -2.07. The molecular weight excluding hydrogens is 222 g/mol. The first-order valence-corrected chi connectivity index (χ1v) is 4.23. The predicted octanol–water partition coefficient (Wildman–Crippen LogP) is 1.62. The van der Waals surface area contributed by atoms with Crippen LogP contribution in [-0.2, 0) is 6.54 Å². The summed E-state index contributed by atoms with van der Waals surface area (Å²) in [7, 11) is 1.50. The number of hydrogen-bond acceptors (Lipinski definition) is 3. The predicted molar refractivity (Wildman–Crippen MR) is 50.3 cm³/mol. The van der Waals surface area contributed by atoms with Crippen LogP contribution < -0.4 is 10.5 Å². The minimum Gasteiger partial charge on any atom is -0.504 e. The average Bonchev–Trinajstić information content (AvgIpc) is 2.08. The largest absolute Gasteiger partial charge is 0.504 e. The van der Waals surface area contributed by atoms with Crippen molar-refractivity contribution in [3.63, 3.8) is 0 Å². The standard InChI is InChI=1S/C8H10BrNO2/c1-12-7-3-6(9)2-5(4-10)8(7)11/h2-3,11H,4,10H2,1H3. The summed E-state index contributed by atoms with van der Waals surface area (Å²) < 4.78 is 5.78. The highest BCUT2D eigenvalue weighted by molar-refractivity contribution is 9.10. The van der Waals surface area contributed by atoms with Gasteiger partial charge in [-0.3, -0.25) is 0 Å². The normalized spacial score (nSPS) is 9.92. The van der Waals surface area contributed by atoms with Gasteiger partial charge in [-0.05, 0) is 12.1 Å². The van der Waals surface area contributed by atoms with Gasteiger partial charge < -0.3 is 15.6 Å². The zero-order chi connectivity index (χ0) is 9.14. The molecule has 0 aliphatic heterocycles. The number of phenols is 1. The molecule has 1 rings (SSSR count). The summed E-state index contributed by atoms with van der Waals surface area (Å²) in [5.74, 6) is 0.549. The van der Waals surface area contributed by atoms with Gasteiger partial charge in [0.25, 0.3) is 0 Å². The zero-order valence-electron chi connectivity index (χ0n) is 6.67. The molecule has 0 heterocycles. The Kier molecular flexibility index (Phi) is 2.94. The Balaban J connectivity index is 3.22. The van der Waals surface area contributed by atoms with Crippen LogP contribution in [0.2, 0.25) is 0 Å². The summed E-state index contributed by atoms with van der Waals surface area (Å²) in [6.45, 7) is 0.293. The van der Waals surface area contributed by atoms with Crippen LogP contribution in [0.4, 0.5) is 0 Å². The van der Waals surface area contributed by atoms with Gasteiger partial charge in [-0.1, -0.05) is 15.9 Å². The number of rotatable bonds is 2. The summed E-state index contributed by atoms with van der Waals surface area (Å²) in [6.07, 6.45) is 0. The topological polar surface area (TPSA) is 55.5 Å². The molecule has 0 spiro atoms. The third-order valence-electron chi connectivity index (χ3n) is 1.56. The Morgan fingerprint density at radius 1 is 1.58 bits per heavy atom. The van der Waals surface area contributed by atoms with Crippen LogP contribution in [-0.4, -0.2) is 12.2 Å². The maximum absolute atomic E-state index is 9.49. The molecule has 0 bridgehead atoms. The molecule has 0 radical (unpaired) electrons. The minimum absolute atomic E-state index is 0.114. The highest BCUT2D eigenvalue weighted by Crippen LogP contribution is 2.32. The first-order chi connectivity index (χ1) is 5.69. The zero-order valence-corrected chi connectivity index (χ0v) is 8.26. The maximum atomic E-state index is 9.49. The Bertz CT molecular complexity index is 263. The van der Waals surface area contributed by atoms with E-state index < -0.39 is 0 Å². The van der Waals surface area contributed by atoms with Gasteiger partial charge in [-0.25, -0.2) is 0 Å². The van der Waals surface area contributed by atoms with E-state index >= 15 is 0 Å². The van der Waals surface area contributed by atoms with E-state index in [1.165, 1.54) is 7.11 Å². The molecule has 12 heavy (non-hydrogen) atoms. The van der Waals surface area contributed by atoms with E-state index in [2.05, 4.69) is 15.9 Å². The fourth-order valence-electron chi connectivity index (χ4n) is 0.940. The van der Waals surface area contributed by atoms with Crippen molar-refractivity contribution in [2.75, 3.05) is 7.11 Å². The quantitative estimate of drug-likeness (QED) is 0.814. The number of benzene rings is 1. The molecule has 0 aliphatic carbocycles. The number of aromatic hydroxyl groups is 1. The number of nitrogens with two attached hydrogens (primary N) is 1. The summed E-state index contributed by atoms with van der Waals surface area (Å²) in [4.78, 5) is 0. The molecule has 0 unspecified atom stereocenters. The van der Waals surface area contributed by atoms with E-state index in [1.807, 2.05) is 0 Å². The molecule has 0 aliphatic rings. The maximum Gasteiger partial charge on any atom is 0.162 e. The first-order valence-electron chi connectivity index (χ1n) is 3.44. The molecule has 0 saturated carbocycles. The first kappa shape index (κ1) is 9.35. The second-order valence-electron chi connectivity index (χ2n) is 2.32. The van der Waals surface area contributed by atoms with Crippen LogP contribution >= 0.6 is 15.9 Å². The van der Waals surface area contributed by atoms with Crippen molar-refractivity contribution in [3.05, 3.63) is 22.2 Å². The summed E-state index contributed by atoms with van der Waals surface area (Å²) in [5.41, 5.74) is 6.07. The Labute approximate surface area is 79.3 Å². The van der Waals surface area contributed by atoms with E-state index in [0.29, 0.717) is 17.9 Å². The lowest BCUT2D eigenvalue weighted by molar-refractivity contribution is 0.370. The van der Waals surface area contributed by atoms with Crippen molar-refractivity contribution < 1.29 is 9.84 Å². The second kappa shape index (κ2) is 3.78. The molecule has 0 atom stereocenters. The lowest BCUT2D eigenvalue weighted by atomic mass is 10.2. The van der Waals surface area contributed by atoms with E-state index in [-0.39, 0.29) is 5.75 Å². The molecule has 0 amide bonds. The van der Waals surface area contributed by atoms with Crippen LogP contribution in [0.5, 0.6) is 11.5 Å². The van der Waals surface area contributed by atoms with Crippen LogP contribution in [0.15, 0.2) is 16.6 Å². The van der Waals surface area contributed by atoms with Crippen LogP contribution in [0.3, 0.4) is 0 Å². The van der Waals surface area contributed by atoms with E-state index in [4.69, 9.17) is 10.5 Å². The second-order valence-corrected chi connectivity index (χ2v) is 3.24. The van der Waals surface area contributed by atoms with Gasteiger partial charge in [0.1, 0.15) is 0 Å². The van der Waals surface area contributed by atoms with Gasteiger partial charge in [-0.2, -0.15) is 0 Å². The number of methoxy groups -OCH3 is 1. The molecule has 0 fully saturated rings. The van der Waals surface area contributed by atoms with E-state index in [1.54, 1.807) is 12.1 Å². The lowest BCUT2D eigenvalue weighted by Crippen LogP contribution is -1.98. The van der Waals surface area contributed by atoms with Gasteiger partial charge in [0.15, 0.2) is 11.5 Å². The monoisotopic (exact) mass is 231 g/mol. The highest BCUT2D eigenvalue weighted by Gasteiger charge is 2.07. The fourth-order valence-corrected chi connectivity index (χ4v) is 1.42. The molecule has 66 valence electrons. The minimum atomic E-state index is 0.114. The van der Waals surface area contributed by atoms with Gasteiger partial charge in [0.2, 0.25) is 0 Å². The summed E-state index contributed by atoms with van der Waals surface area (Å²) in [6, 6.07) is 3.45. The fraction of sp³-hybridized carbons (Fsp3) is 0.250. The van der Waals surface area contributed by atoms with Crippen molar-refractivity contribution in [1.29, 1.82) is 0 Å². The van der Waals surface area contributed by atoms with Gasteiger partial charge in [0, 0.05) is 16.6 Å². The summed E-state index contributed by atoms with van der Waals surface area (Å²) in [5, 5.41) is 9.49. The van der Waals surface area contributed by atoms with Crippen LogP contribution in [0.25, 0.3) is 0 Å². The van der Waals surface area contributed by atoms with Crippen LogP contribution in [0.1, 0.15) is 5.56 Å². The smallest absolute Gasteiger partial charge is 0.162 e. The molecule has 0 saturated heterocycles. The third kappa shape index (κ3) is 1.70. The molecule has 0 aromatic heterocycles. The van der Waals surface area contributed by atoms with Crippen molar-refractivity contribution in [1.82, 2.24) is 0 Å².